The molecule has 3 heterocycles. The predicted molar refractivity (Wildman–Crippen MR) is 111 cm³/mol. The van der Waals surface area contributed by atoms with Crippen molar-refractivity contribution >= 4 is 21.6 Å². The summed E-state index contributed by atoms with van der Waals surface area (Å²) in [5, 5.41) is 0.702. The summed E-state index contributed by atoms with van der Waals surface area (Å²) in [7, 11) is 0. The molecule has 0 bridgehead atoms. The molecule has 1 aromatic carbocycles. The summed E-state index contributed by atoms with van der Waals surface area (Å²) in [4.78, 5) is 24.9. The van der Waals surface area contributed by atoms with E-state index in [1.54, 1.807) is 11.3 Å². The standard InChI is InChI=1S/C22H25N3OS/c26-21-18-12-19(16-7-2-1-3-8-16)27-22(18)24-20(23-21)14-25-11-10-15-6-4-5-9-17(15)13-25/h1-3,7-8,12,15,17H,4-6,9-11,13-14H2,(H,23,24,26)/t15-,17+/m1/s1. The van der Waals surface area contributed by atoms with Crippen LogP contribution in [0.4, 0.5) is 0 Å². The van der Waals surface area contributed by atoms with Crippen LogP contribution < -0.4 is 5.56 Å². The van der Waals surface area contributed by atoms with Gasteiger partial charge in [0.25, 0.3) is 5.56 Å². The van der Waals surface area contributed by atoms with E-state index in [0.29, 0.717) is 5.39 Å². The van der Waals surface area contributed by atoms with E-state index in [2.05, 4.69) is 22.0 Å². The van der Waals surface area contributed by atoms with Gasteiger partial charge in [0.15, 0.2) is 0 Å². The number of hydrogen-bond acceptors (Lipinski definition) is 4. The van der Waals surface area contributed by atoms with Gasteiger partial charge in [-0.25, -0.2) is 4.98 Å². The molecule has 3 aromatic rings. The molecule has 2 aromatic heterocycles. The molecule has 1 aliphatic carbocycles. The summed E-state index contributed by atoms with van der Waals surface area (Å²) < 4.78 is 0. The van der Waals surface area contributed by atoms with Gasteiger partial charge in [-0.05, 0) is 42.9 Å². The van der Waals surface area contributed by atoms with Gasteiger partial charge in [0.2, 0.25) is 0 Å². The maximum atomic E-state index is 12.6. The molecule has 0 spiro atoms. The van der Waals surface area contributed by atoms with Gasteiger partial charge in [-0.15, -0.1) is 11.3 Å². The van der Waals surface area contributed by atoms with Gasteiger partial charge in [0, 0.05) is 11.4 Å². The third-order valence-corrected chi connectivity index (χ3v) is 7.34. The van der Waals surface area contributed by atoms with Crippen molar-refractivity contribution in [3.63, 3.8) is 0 Å². The van der Waals surface area contributed by atoms with E-state index in [-0.39, 0.29) is 5.56 Å². The Hall–Kier alpha value is -1.98. The molecule has 2 atom stereocenters. The molecule has 2 aliphatic rings. The summed E-state index contributed by atoms with van der Waals surface area (Å²) in [5.41, 5.74) is 1.13. The Bertz CT molecular complexity index is 994. The van der Waals surface area contributed by atoms with E-state index in [9.17, 15) is 4.79 Å². The second kappa shape index (κ2) is 7.21. The zero-order valence-electron chi connectivity index (χ0n) is 15.5. The molecule has 140 valence electrons. The molecular formula is C22H25N3OS. The van der Waals surface area contributed by atoms with Crippen molar-refractivity contribution in [1.82, 2.24) is 14.9 Å². The number of nitrogens with zero attached hydrogens (tertiary/aromatic N) is 2. The van der Waals surface area contributed by atoms with Crippen LogP contribution >= 0.6 is 11.3 Å². The third-order valence-electron chi connectivity index (χ3n) is 6.26. The van der Waals surface area contributed by atoms with Crippen LogP contribution in [0.25, 0.3) is 20.7 Å². The first-order valence-corrected chi connectivity index (χ1v) is 10.9. The number of benzene rings is 1. The predicted octanol–water partition coefficient (Wildman–Crippen LogP) is 4.66. The van der Waals surface area contributed by atoms with Gasteiger partial charge in [-0.1, -0.05) is 49.6 Å². The maximum absolute atomic E-state index is 12.6. The highest BCUT2D eigenvalue weighted by atomic mass is 32.1. The van der Waals surface area contributed by atoms with Crippen molar-refractivity contribution in [2.75, 3.05) is 13.1 Å². The maximum Gasteiger partial charge on any atom is 0.259 e. The Morgan fingerprint density at radius 3 is 2.78 bits per heavy atom. The molecular weight excluding hydrogens is 354 g/mol. The van der Waals surface area contributed by atoms with Crippen molar-refractivity contribution in [3.8, 4) is 10.4 Å². The molecule has 0 amide bonds. The average Bonchev–Trinajstić information content (AvgIpc) is 3.13. The Labute approximate surface area is 163 Å². The highest BCUT2D eigenvalue weighted by Crippen LogP contribution is 2.36. The van der Waals surface area contributed by atoms with E-state index in [4.69, 9.17) is 4.98 Å². The Morgan fingerprint density at radius 1 is 1.11 bits per heavy atom. The number of thiophene rings is 1. The minimum Gasteiger partial charge on any atom is -0.309 e. The number of rotatable bonds is 3. The van der Waals surface area contributed by atoms with Gasteiger partial charge in [-0.2, -0.15) is 0 Å². The lowest BCUT2D eigenvalue weighted by Gasteiger charge is -2.41. The van der Waals surface area contributed by atoms with E-state index in [1.165, 1.54) is 32.1 Å². The third kappa shape index (κ3) is 3.46. The molecule has 1 aliphatic heterocycles. The van der Waals surface area contributed by atoms with Crippen LogP contribution in [-0.2, 0) is 6.54 Å². The van der Waals surface area contributed by atoms with Crippen LogP contribution in [-0.4, -0.2) is 28.0 Å². The topological polar surface area (TPSA) is 49.0 Å². The first-order valence-electron chi connectivity index (χ1n) is 10.1. The summed E-state index contributed by atoms with van der Waals surface area (Å²) in [5.74, 6) is 2.58. The van der Waals surface area contributed by atoms with E-state index in [0.717, 1.165) is 52.6 Å². The second-order valence-corrected chi connectivity index (χ2v) is 9.07. The average molecular weight is 380 g/mol. The molecule has 4 nitrogen and oxygen atoms in total. The van der Waals surface area contributed by atoms with E-state index in [1.807, 2.05) is 24.3 Å². The first-order chi connectivity index (χ1) is 13.3. The van der Waals surface area contributed by atoms with E-state index >= 15 is 0 Å². The summed E-state index contributed by atoms with van der Waals surface area (Å²) >= 11 is 1.61. The number of likely N-dealkylation sites (tertiary alicyclic amines) is 1. The number of H-pyrrole nitrogens is 1. The lowest BCUT2D eigenvalue weighted by molar-refractivity contribution is 0.0803. The highest BCUT2D eigenvalue weighted by molar-refractivity contribution is 7.21. The lowest BCUT2D eigenvalue weighted by Crippen LogP contribution is -2.41. The first kappa shape index (κ1) is 17.1. The van der Waals surface area contributed by atoms with Crippen molar-refractivity contribution < 1.29 is 0 Å². The minimum absolute atomic E-state index is 0.0130. The highest BCUT2D eigenvalue weighted by Gasteiger charge is 2.31. The Balaban J connectivity index is 1.39. The molecule has 5 rings (SSSR count). The number of nitrogens with one attached hydrogen (secondary N) is 1. The van der Waals surface area contributed by atoms with Crippen LogP contribution in [0.5, 0.6) is 0 Å². The van der Waals surface area contributed by atoms with Crippen LogP contribution in [0.15, 0.2) is 41.2 Å². The normalized spacial score (nSPS) is 23.4. The summed E-state index contributed by atoms with van der Waals surface area (Å²) in [6.07, 6.45) is 6.88. The number of aromatic amines is 1. The fraction of sp³-hybridized carbons (Fsp3) is 0.455. The molecule has 1 saturated heterocycles. The van der Waals surface area contributed by atoms with E-state index < -0.39 is 0 Å². The number of aromatic nitrogens is 2. The molecule has 1 N–H and O–H groups in total. The molecule has 2 fully saturated rings. The largest absolute Gasteiger partial charge is 0.309 e. The van der Waals surface area contributed by atoms with Crippen molar-refractivity contribution in [1.29, 1.82) is 0 Å². The monoisotopic (exact) mass is 379 g/mol. The number of fused-ring (bicyclic) bond motifs is 2. The Morgan fingerprint density at radius 2 is 1.93 bits per heavy atom. The summed E-state index contributed by atoms with van der Waals surface area (Å²) in [6.45, 7) is 3.04. The van der Waals surface area contributed by atoms with Gasteiger partial charge < -0.3 is 4.98 Å². The Kier molecular flexibility index (Phi) is 4.58. The summed E-state index contributed by atoms with van der Waals surface area (Å²) in [6, 6.07) is 12.2. The quantitative estimate of drug-likeness (QED) is 0.720. The van der Waals surface area contributed by atoms with Crippen LogP contribution in [0.1, 0.15) is 37.9 Å². The van der Waals surface area contributed by atoms with Crippen molar-refractivity contribution in [2.45, 2.75) is 38.6 Å². The molecule has 0 unspecified atom stereocenters. The van der Waals surface area contributed by atoms with Gasteiger partial charge >= 0.3 is 0 Å². The van der Waals surface area contributed by atoms with Crippen LogP contribution in [0.2, 0.25) is 0 Å². The van der Waals surface area contributed by atoms with Crippen molar-refractivity contribution in [2.24, 2.45) is 11.8 Å². The fourth-order valence-electron chi connectivity index (χ4n) is 4.83. The van der Waals surface area contributed by atoms with Gasteiger partial charge in [0.05, 0.1) is 11.9 Å². The van der Waals surface area contributed by atoms with Crippen LogP contribution in [0, 0.1) is 11.8 Å². The van der Waals surface area contributed by atoms with Gasteiger partial charge in [-0.3, -0.25) is 9.69 Å². The molecule has 5 heteroatoms. The zero-order valence-corrected chi connectivity index (χ0v) is 16.3. The van der Waals surface area contributed by atoms with Crippen LogP contribution in [0.3, 0.4) is 0 Å². The SMILES string of the molecule is O=c1[nH]c(CN2CC[C@H]3CCCC[C@H]3C2)nc2sc(-c3ccccc3)cc12. The molecule has 0 radical (unpaired) electrons. The number of piperidine rings is 1. The second-order valence-electron chi connectivity index (χ2n) is 8.04. The smallest absolute Gasteiger partial charge is 0.259 e. The fourth-order valence-corrected chi connectivity index (χ4v) is 5.88. The molecule has 1 saturated carbocycles. The number of hydrogen-bond donors (Lipinski definition) is 1. The zero-order chi connectivity index (χ0) is 18.2. The molecule has 27 heavy (non-hydrogen) atoms. The van der Waals surface area contributed by atoms with Gasteiger partial charge in [0.1, 0.15) is 10.7 Å². The lowest BCUT2D eigenvalue weighted by atomic mass is 9.75. The van der Waals surface area contributed by atoms with Crippen molar-refractivity contribution in [3.05, 3.63) is 52.6 Å². The minimum atomic E-state index is -0.0130.